The highest BCUT2D eigenvalue weighted by molar-refractivity contribution is 5.94. The molecule has 1 N–H and O–H groups in total. The number of allylic oxidation sites excluding steroid dienone is 3. The summed E-state index contributed by atoms with van der Waals surface area (Å²) in [6.07, 6.45) is 7.03. The van der Waals surface area contributed by atoms with Gasteiger partial charge in [0, 0.05) is 44.6 Å². The van der Waals surface area contributed by atoms with Crippen molar-refractivity contribution in [3.05, 3.63) is 58.4 Å². The first-order valence-electron chi connectivity index (χ1n) is 10.6. The Bertz CT molecular complexity index is 792. The quantitative estimate of drug-likeness (QED) is 0.686. The van der Waals surface area contributed by atoms with Crippen molar-refractivity contribution in [2.24, 2.45) is 0 Å². The summed E-state index contributed by atoms with van der Waals surface area (Å²) >= 11 is 0. The number of halogens is 1. The van der Waals surface area contributed by atoms with Crippen molar-refractivity contribution >= 4 is 5.91 Å². The van der Waals surface area contributed by atoms with E-state index in [0.29, 0.717) is 51.2 Å². The summed E-state index contributed by atoms with van der Waals surface area (Å²) in [6.45, 7) is 8.50. The molecule has 1 aliphatic carbocycles. The molecule has 4 nitrogen and oxygen atoms in total. The average molecular weight is 401 g/mol. The number of hydrogen-bond donors (Lipinski definition) is 1. The monoisotopic (exact) mass is 400 g/mol. The Labute approximate surface area is 173 Å². The van der Waals surface area contributed by atoms with E-state index in [1.807, 2.05) is 32.0 Å². The van der Waals surface area contributed by atoms with E-state index < -0.39 is 5.67 Å². The van der Waals surface area contributed by atoms with Crippen LogP contribution in [0.4, 0.5) is 4.39 Å². The first-order chi connectivity index (χ1) is 13.9. The topological polar surface area (TPSA) is 41.6 Å². The van der Waals surface area contributed by atoms with Gasteiger partial charge in [-0.3, -0.25) is 4.79 Å². The van der Waals surface area contributed by atoms with Gasteiger partial charge in [0.25, 0.3) is 5.91 Å². The lowest BCUT2D eigenvalue weighted by molar-refractivity contribution is 0.0430. The zero-order valence-electron chi connectivity index (χ0n) is 17.9. The van der Waals surface area contributed by atoms with Crippen LogP contribution in [0.25, 0.3) is 0 Å². The predicted molar refractivity (Wildman–Crippen MR) is 115 cm³/mol. The van der Waals surface area contributed by atoms with Crippen LogP contribution in [-0.2, 0) is 4.74 Å². The highest BCUT2D eigenvalue weighted by Crippen LogP contribution is 2.27. The summed E-state index contributed by atoms with van der Waals surface area (Å²) in [6, 6.07) is 5.76. The molecule has 0 saturated carbocycles. The predicted octanol–water partition coefficient (Wildman–Crippen LogP) is 4.48. The number of carbonyl (C=O) groups excluding carboxylic acids is 1. The Morgan fingerprint density at radius 3 is 2.66 bits per heavy atom. The van der Waals surface area contributed by atoms with Gasteiger partial charge >= 0.3 is 0 Å². The maximum Gasteiger partial charge on any atom is 0.253 e. The summed E-state index contributed by atoms with van der Waals surface area (Å²) in [5.74, 6) is 0.921. The fourth-order valence-corrected chi connectivity index (χ4v) is 3.81. The second kappa shape index (κ2) is 9.57. The molecule has 158 valence electrons. The highest BCUT2D eigenvalue weighted by Gasteiger charge is 2.35. The minimum Gasteiger partial charge on any atom is -0.493 e. The zero-order chi connectivity index (χ0) is 20.9. The van der Waals surface area contributed by atoms with E-state index in [4.69, 9.17) is 4.74 Å². The maximum absolute atomic E-state index is 15.1. The van der Waals surface area contributed by atoms with E-state index in [9.17, 15) is 4.79 Å². The van der Waals surface area contributed by atoms with E-state index in [2.05, 4.69) is 24.4 Å². The first kappa shape index (κ1) is 21.6. The van der Waals surface area contributed by atoms with Gasteiger partial charge in [0.15, 0.2) is 0 Å². The molecule has 0 aromatic heterocycles. The summed E-state index contributed by atoms with van der Waals surface area (Å²) in [4.78, 5) is 14.5. The normalized spacial score (nSPS) is 18.8. The number of likely N-dealkylation sites (tertiary alicyclic amines) is 1. The highest BCUT2D eigenvalue weighted by atomic mass is 19.1. The molecule has 0 unspecified atom stereocenters. The molecule has 1 saturated heterocycles. The molecular formula is C24H33FN2O2. The number of benzene rings is 1. The van der Waals surface area contributed by atoms with Crippen LogP contribution in [0.5, 0.6) is 0 Å². The van der Waals surface area contributed by atoms with Gasteiger partial charge in [-0.2, -0.15) is 0 Å². The molecule has 5 heteroatoms. The Morgan fingerprint density at radius 1 is 1.21 bits per heavy atom. The molecule has 1 fully saturated rings. The fraction of sp³-hybridized carbons (Fsp3) is 0.542. The Morgan fingerprint density at radius 2 is 1.97 bits per heavy atom. The molecule has 0 bridgehead atoms. The molecule has 1 amide bonds. The molecule has 1 aliphatic heterocycles. The Kier molecular flexibility index (Phi) is 7.12. The number of alkyl halides is 1. The minimum absolute atomic E-state index is 0.000569. The van der Waals surface area contributed by atoms with Gasteiger partial charge in [0.1, 0.15) is 18.0 Å². The van der Waals surface area contributed by atoms with Gasteiger partial charge < -0.3 is 15.0 Å². The number of hydrogen-bond acceptors (Lipinski definition) is 3. The van der Waals surface area contributed by atoms with E-state index >= 15 is 4.39 Å². The Hall–Kier alpha value is -2.14. The van der Waals surface area contributed by atoms with Crippen molar-refractivity contribution in [2.75, 3.05) is 32.8 Å². The van der Waals surface area contributed by atoms with Crippen molar-refractivity contribution in [1.29, 1.82) is 0 Å². The maximum atomic E-state index is 15.1. The SMILES string of the molecule is CC1=CC(OCCNCC2(F)CCN(C(=O)c3ccc(C)c(C)c3)CC2)=CCC1. The standard InChI is InChI=1S/C24H33FN2O2/c1-18-5-4-6-22(15-18)29-14-11-26-17-24(25)9-12-27(13-10-24)23(28)21-8-7-19(2)20(3)16-21/h6-8,15-16,26H,4-5,9-14,17H2,1-3H3. The first-order valence-corrected chi connectivity index (χ1v) is 10.6. The fourth-order valence-electron chi connectivity index (χ4n) is 3.81. The smallest absolute Gasteiger partial charge is 0.253 e. The molecule has 2 aliphatic rings. The van der Waals surface area contributed by atoms with Crippen LogP contribution in [0.15, 0.2) is 41.7 Å². The number of ether oxygens (including phenoxy) is 1. The largest absolute Gasteiger partial charge is 0.493 e. The van der Waals surface area contributed by atoms with Gasteiger partial charge in [-0.25, -0.2) is 4.39 Å². The van der Waals surface area contributed by atoms with E-state index in [1.165, 1.54) is 11.1 Å². The van der Waals surface area contributed by atoms with E-state index in [0.717, 1.165) is 24.2 Å². The van der Waals surface area contributed by atoms with Crippen LogP contribution in [0.1, 0.15) is 54.1 Å². The number of rotatable bonds is 7. The third-order valence-electron chi connectivity index (χ3n) is 5.96. The molecule has 29 heavy (non-hydrogen) atoms. The van der Waals surface area contributed by atoms with Gasteiger partial charge in [-0.15, -0.1) is 0 Å². The van der Waals surface area contributed by atoms with Gasteiger partial charge in [0.2, 0.25) is 0 Å². The number of amides is 1. The average Bonchev–Trinajstić information content (AvgIpc) is 2.70. The molecule has 1 aromatic rings. The van der Waals surface area contributed by atoms with Gasteiger partial charge in [-0.05, 0) is 69.0 Å². The van der Waals surface area contributed by atoms with Crippen molar-refractivity contribution in [3.63, 3.8) is 0 Å². The molecule has 0 atom stereocenters. The van der Waals surface area contributed by atoms with Crippen LogP contribution < -0.4 is 5.32 Å². The Balaban J connectivity index is 1.39. The van der Waals surface area contributed by atoms with Gasteiger partial charge in [-0.1, -0.05) is 11.6 Å². The van der Waals surface area contributed by atoms with Crippen LogP contribution >= 0.6 is 0 Å². The third kappa shape index (κ3) is 5.92. The van der Waals surface area contributed by atoms with E-state index in [1.54, 1.807) is 4.90 Å². The van der Waals surface area contributed by atoms with Crippen LogP contribution in [-0.4, -0.2) is 49.3 Å². The number of nitrogens with one attached hydrogen (secondary N) is 1. The summed E-state index contributed by atoms with van der Waals surface area (Å²) in [5, 5.41) is 3.18. The molecule has 3 rings (SSSR count). The molecule has 1 heterocycles. The van der Waals surface area contributed by atoms with Crippen molar-refractivity contribution < 1.29 is 13.9 Å². The van der Waals surface area contributed by atoms with Crippen molar-refractivity contribution in [1.82, 2.24) is 10.2 Å². The second-order valence-electron chi connectivity index (χ2n) is 8.40. The summed E-state index contributed by atoms with van der Waals surface area (Å²) < 4.78 is 20.8. The molecule has 1 aromatic carbocycles. The minimum atomic E-state index is -1.26. The van der Waals surface area contributed by atoms with Crippen LogP contribution in [0, 0.1) is 13.8 Å². The summed E-state index contributed by atoms with van der Waals surface area (Å²) in [5.41, 5.74) is 3.04. The lowest BCUT2D eigenvalue weighted by Gasteiger charge is -2.36. The molecule has 0 radical (unpaired) electrons. The molecule has 0 spiro atoms. The lowest BCUT2D eigenvalue weighted by Crippen LogP contribution is -2.49. The summed E-state index contributed by atoms with van der Waals surface area (Å²) in [7, 11) is 0. The van der Waals surface area contributed by atoms with Crippen molar-refractivity contribution in [2.45, 2.75) is 52.1 Å². The lowest BCUT2D eigenvalue weighted by atomic mass is 9.92. The van der Waals surface area contributed by atoms with Crippen molar-refractivity contribution in [3.8, 4) is 0 Å². The number of piperidine rings is 1. The third-order valence-corrected chi connectivity index (χ3v) is 5.96. The van der Waals surface area contributed by atoms with Crippen LogP contribution in [0.2, 0.25) is 0 Å². The number of nitrogens with zero attached hydrogens (tertiary/aromatic N) is 1. The van der Waals surface area contributed by atoms with Gasteiger partial charge in [0.05, 0.1) is 0 Å². The second-order valence-corrected chi connectivity index (χ2v) is 8.40. The number of carbonyl (C=O) groups is 1. The molecular weight excluding hydrogens is 367 g/mol. The van der Waals surface area contributed by atoms with Crippen LogP contribution in [0.3, 0.4) is 0 Å². The zero-order valence-corrected chi connectivity index (χ0v) is 17.9. The van der Waals surface area contributed by atoms with E-state index in [-0.39, 0.29) is 5.91 Å². The number of aryl methyl sites for hydroxylation is 2.